The smallest absolute Gasteiger partial charge is 0.335 e. The Morgan fingerprint density at radius 2 is 1.64 bits per heavy atom. The van der Waals surface area contributed by atoms with Crippen molar-refractivity contribution < 1.29 is 18.3 Å². The molecule has 0 saturated carbocycles. The molecule has 0 amide bonds. The van der Waals surface area contributed by atoms with Crippen LogP contribution in [0.1, 0.15) is 22.8 Å². The molecular weight excluding hydrogens is 302 g/mol. The first kappa shape index (κ1) is 15.6. The van der Waals surface area contributed by atoms with Crippen LogP contribution in [0.5, 0.6) is 0 Å². The monoisotopic (exact) mass is 315 g/mol. The molecule has 5 nitrogen and oxygen atoms in total. The lowest BCUT2D eigenvalue weighted by atomic mass is 10.2. The van der Waals surface area contributed by atoms with Gasteiger partial charge in [-0.2, -0.15) is 0 Å². The van der Waals surface area contributed by atoms with E-state index >= 15 is 0 Å². The number of carboxylic acids is 1. The van der Waals surface area contributed by atoms with E-state index in [-0.39, 0.29) is 10.5 Å². The lowest BCUT2D eigenvalue weighted by molar-refractivity contribution is 0.0697. The van der Waals surface area contributed by atoms with Gasteiger partial charge in [-0.05, 0) is 55.5 Å². The van der Waals surface area contributed by atoms with Gasteiger partial charge in [-0.3, -0.25) is 4.72 Å². The van der Waals surface area contributed by atoms with Crippen LogP contribution in [0, 0.1) is 11.8 Å². The van der Waals surface area contributed by atoms with Crippen LogP contribution >= 0.6 is 0 Å². The van der Waals surface area contributed by atoms with Crippen molar-refractivity contribution in [1.29, 1.82) is 0 Å². The minimum atomic E-state index is -3.72. The predicted octanol–water partition coefficient (Wildman–Crippen LogP) is 2.56. The Balaban J connectivity index is 2.22. The average molecular weight is 315 g/mol. The molecule has 0 aliphatic rings. The van der Waals surface area contributed by atoms with Gasteiger partial charge in [0.2, 0.25) is 0 Å². The van der Waals surface area contributed by atoms with Crippen molar-refractivity contribution in [1.82, 2.24) is 0 Å². The topological polar surface area (TPSA) is 83.5 Å². The van der Waals surface area contributed by atoms with Gasteiger partial charge < -0.3 is 5.11 Å². The third kappa shape index (κ3) is 3.65. The standard InChI is InChI=1S/C16H13NO4S/c1-2-3-12-4-10-15(11-5-12)22(20,21)17-14-8-6-13(7-9-14)16(18)19/h4-11,17H,1H3,(H,18,19). The number of aromatic carboxylic acids is 1. The van der Waals surface area contributed by atoms with Crippen LogP contribution in [-0.2, 0) is 10.0 Å². The van der Waals surface area contributed by atoms with Gasteiger partial charge in [0.1, 0.15) is 0 Å². The first-order valence-electron chi connectivity index (χ1n) is 6.31. The summed E-state index contributed by atoms with van der Waals surface area (Å²) >= 11 is 0. The first-order chi connectivity index (χ1) is 10.4. The summed E-state index contributed by atoms with van der Waals surface area (Å²) in [5.41, 5.74) is 1.11. The number of hydrogen-bond acceptors (Lipinski definition) is 3. The summed E-state index contributed by atoms with van der Waals surface area (Å²) in [6.45, 7) is 1.70. The highest BCUT2D eigenvalue weighted by molar-refractivity contribution is 7.92. The van der Waals surface area contributed by atoms with Gasteiger partial charge in [-0.1, -0.05) is 5.92 Å². The quantitative estimate of drug-likeness (QED) is 0.849. The average Bonchev–Trinajstić information content (AvgIpc) is 2.48. The Bertz CT molecular complexity index is 842. The maximum absolute atomic E-state index is 12.2. The zero-order chi connectivity index (χ0) is 16.2. The fourth-order valence-electron chi connectivity index (χ4n) is 1.76. The number of carbonyl (C=O) groups is 1. The zero-order valence-electron chi connectivity index (χ0n) is 11.7. The van der Waals surface area contributed by atoms with Gasteiger partial charge in [0.25, 0.3) is 10.0 Å². The van der Waals surface area contributed by atoms with E-state index in [1.54, 1.807) is 19.1 Å². The highest BCUT2D eigenvalue weighted by Crippen LogP contribution is 2.17. The lowest BCUT2D eigenvalue weighted by Crippen LogP contribution is -2.13. The summed E-state index contributed by atoms with van der Waals surface area (Å²) < 4.78 is 26.8. The molecule has 2 aromatic carbocycles. The lowest BCUT2D eigenvalue weighted by Gasteiger charge is -2.08. The number of sulfonamides is 1. The van der Waals surface area contributed by atoms with Gasteiger partial charge in [0.15, 0.2) is 0 Å². The molecule has 2 N–H and O–H groups in total. The van der Waals surface area contributed by atoms with Crippen LogP contribution in [0.25, 0.3) is 0 Å². The van der Waals surface area contributed by atoms with Gasteiger partial charge in [0, 0.05) is 11.3 Å². The highest BCUT2D eigenvalue weighted by Gasteiger charge is 2.14. The Kier molecular flexibility index (Phi) is 4.49. The third-order valence-electron chi connectivity index (χ3n) is 2.82. The van der Waals surface area contributed by atoms with Crippen LogP contribution < -0.4 is 4.72 Å². The van der Waals surface area contributed by atoms with Gasteiger partial charge in [-0.25, -0.2) is 13.2 Å². The zero-order valence-corrected chi connectivity index (χ0v) is 12.5. The van der Waals surface area contributed by atoms with Crippen molar-refractivity contribution in [3.8, 4) is 11.8 Å². The second kappa shape index (κ2) is 6.33. The van der Waals surface area contributed by atoms with E-state index in [1.165, 1.54) is 36.4 Å². The van der Waals surface area contributed by atoms with Crippen molar-refractivity contribution in [3.63, 3.8) is 0 Å². The molecule has 0 aliphatic carbocycles. The summed E-state index contributed by atoms with van der Waals surface area (Å²) in [6, 6.07) is 11.6. The maximum Gasteiger partial charge on any atom is 0.335 e. The molecule has 0 fully saturated rings. The van der Waals surface area contributed by atoms with E-state index < -0.39 is 16.0 Å². The van der Waals surface area contributed by atoms with E-state index in [0.29, 0.717) is 5.69 Å². The van der Waals surface area contributed by atoms with E-state index in [4.69, 9.17) is 5.11 Å². The molecule has 0 aromatic heterocycles. The summed E-state index contributed by atoms with van der Waals surface area (Å²) in [6.07, 6.45) is 0. The largest absolute Gasteiger partial charge is 0.478 e. The van der Waals surface area contributed by atoms with Crippen molar-refractivity contribution >= 4 is 21.7 Å². The van der Waals surface area contributed by atoms with Crippen LogP contribution in [0.3, 0.4) is 0 Å². The Hall–Kier alpha value is -2.78. The third-order valence-corrected chi connectivity index (χ3v) is 4.22. The van der Waals surface area contributed by atoms with Crippen LogP contribution in [0.4, 0.5) is 5.69 Å². The number of rotatable bonds is 4. The number of benzene rings is 2. The van der Waals surface area contributed by atoms with E-state index in [0.717, 1.165) is 5.56 Å². The molecule has 0 spiro atoms. The van der Waals surface area contributed by atoms with Crippen molar-refractivity contribution in [2.75, 3.05) is 4.72 Å². The van der Waals surface area contributed by atoms with Gasteiger partial charge in [-0.15, -0.1) is 5.92 Å². The molecular formula is C16H13NO4S. The molecule has 0 unspecified atom stereocenters. The predicted molar refractivity (Wildman–Crippen MR) is 83.2 cm³/mol. The van der Waals surface area contributed by atoms with Crippen LogP contribution in [0.15, 0.2) is 53.4 Å². The fourth-order valence-corrected chi connectivity index (χ4v) is 2.82. The maximum atomic E-state index is 12.2. The van der Waals surface area contributed by atoms with Crippen LogP contribution in [-0.4, -0.2) is 19.5 Å². The molecule has 0 atom stereocenters. The summed E-state index contributed by atoms with van der Waals surface area (Å²) in [7, 11) is -3.72. The molecule has 0 saturated heterocycles. The molecule has 0 radical (unpaired) electrons. The summed E-state index contributed by atoms with van der Waals surface area (Å²) in [5.74, 6) is 4.50. The molecule has 2 aromatic rings. The number of anilines is 1. The minimum absolute atomic E-state index is 0.0884. The number of carboxylic acid groups (broad SMARTS) is 1. The van der Waals surface area contributed by atoms with E-state index in [2.05, 4.69) is 16.6 Å². The van der Waals surface area contributed by atoms with Gasteiger partial charge >= 0.3 is 5.97 Å². The van der Waals surface area contributed by atoms with E-state index in [9.17, 15) is 13.2 Å². The minimum Gasteiger partial charge on any atom is -0.478 e. The SMILES string of the molecule is CC#Cc1ccc(S(=O)(=O)Nc2ccc(C(=O)O)cc2)cc1. The van der Waals surface area contributed by atoms with Crippen LogP contribution in [0.2, 0.25) is 0 Å². The Labute approximate surface area is 128 Å². The van der Waals surface area contributed by atoms with Crippen molar-refractivity contribution in [3.05, 3.63) is 59.7 Å². The Morgan fingerprint density at radius 1 is 1.05 bits per heavy atom. The Morgan fingerprint density at radius 3 is 2.14 bits per heavy atom. The highest BCUT2D eigenvalue weighted by atomic mass is 32.2. The first-order valence-corrected chi connectivity index (χ1v) is 7.80. The number of nitrogens with one attached hydrogen (secondary N) is 1. The summed E-state index contributed by atoms with van der Waals surface area (Å²) in [4.78, 5) is 10.9. The molecule has 0 aliphatic heterocycles. The normalized spacial score (nSPS) is 10.4. The second-order valence-electron chi connectivity index (χ2n) is 4.39. The van der Waals surface area contributed by atoms with Crippen molar-refractivity contribution in [2.24, 2.45) is 0 Å². The summed E-state index contributed by atoms with van der Waals surface area (Å²) in [5, 5.41) is 8.81. The second-order valence-corrected chi connectivity index (χ2v) is 6.07. The molecule has 0 heterocycles. The molecule has 22 heavy (non-hydrogen) atoms. The molecule has 6 heteroatoms. The fraction of sp³-hybridized carbons (Fsp3) is 0.0625. The molecule has 2 rings (SSSR count). The van der Waals surface area contributed by atoms with Gasteiger partial charge in [0.05, 0.1) is 10.5 Å². The van der Waals surface area contributed by atoms with Crippen molar-refractivity contribution in [2.45, 2.75) is 11.8 Å². The van der Waals surface area contributed by atoms with E-state index in [1.807, 2.05) is 0 Å². The molecule has 112 valence electrons. The number of hydrogen-bond donors (Lipinski definition) is 2. The molecule has 0 bridgehead atoms.